The highest BCUT2D eigenvalue weighted by Gasteiger charge is 2.08. The summed E-state index contributed by atoms with van der Waals surface area (Å²) < 4.78 is 0. The van der Waals surface area contributed by atoms with Crippen LogP contribution in [0.5, 0.6) is 0 Å². The van der Waals surface area contributed by atoms with Crippen LogP contribution in [0.4, 0.5) is 5.69 Å². The summed E-state index contributed by atoms with van der Waals surface area (Å²) in [7, 11) is 0. The normalized spacial score (nSPS) is 12.3. The third-order valence-electron chi connectivity index (χ3n) is 3.36. The minimum absolute atomic E-state index is 0.117. The molecule has 0 amide bonds. The number of aromatic nitrogens is 2. The highest BCUT2D eigenvalue weighted by molar-refractivity contribution is 7.12. The van der Waals surface area contributed by atoms with Gasteiger partial charge in [-0.3, -0.25) is 15.0 Å². The largest absolute Gasteiger partial charge is 0.378 e. The van der Waals surface area contributed by atoms with Crippen LogP contribution < -0.4 is 10.9 Å². The van der Waals surface area contributed by atoms with Gasteiger partial charge in [0.15, 0.2) is 0 Å². The average Bonchev–Trinajstić information content (AvgIpc) is 3.08. The monoisotopic (exact) mass is 299 g/mol. The second-order valence-corrected chi connectivity index (χ2v) is 6.38. The molecule has 0 saturated carbocycles. The summed E-state index contributed by atoms with van der Waals surface area (Å²) in [6.07, 6.45) is 0. The number of H-pyrrole nitrogens is 2. The molecule has 21 heavy (non-hydrogen) atoms. The standard InChI is InChI=1S/C16H17N3OS/c1-10-3-8-15(21-10)11(2)17-13-6-4-12(5-7-13)14-9-16(20)19-18-14/h3-9,11,17H,1-2H3,(H2,18,19,20). The molecule has 0 aliphatic carbocycles. The summed E-state index contributed by atoms with van der Waals surface area (Å²) in [5, 5.41) is 8.88. The van der Waals surface area contributed by atoms with Gasteiger partial charge in [-0.1, -0.05) is 12.1 Å². The number of aromatic amines is 2. The number of hydrogen-bond acceptors (Lipinski definition) is 3. The summed E-state index contributed by atoms with van der Waals surface area (Å²) in [4.78, 5) is 13.8. The lowest BCUT2D eigenvalue weighted by molar-refractivity contribution is 0.908. The average molecular weight is 299 g/mol. The summed E-state index contributed by atoms with van der Waals surface area (Å²) >= 11 is 1.81. The van der Waals surface area contributed by atoms with Crippen molar-refractivity contribution < 1.29 is 0 Å². The molecule has 4 nitrogen and oxygen atoms in total. The Hall–Kier alpha value is -2.27. The number of nitrogens with one attached hydrogen (secondary N) is 3. The van der Waals surface area contributed by atoms with Crippen LogP contribution in [0.1, 0.15) is 22.7 Å². The quantitative estimate of drug-likeness (QED) is 0.684. The lowest BCUT2D eigenvalue weighted by Crippen LogP contribution is -2.04. The maximum atomic E-state index is 11.1. The lowest BCUT2D eigenvalue weighted by Gasteiger charge is -2.14. The van der Waals surface area contributed by atoms with Crippen LogP contribution in [0.2, 0.25) is 0 Å². The molecule has 5 heteroatoms. The second kappa shape index (κ2) is 5.61. The van der Waals surface area contributed by atoms with Gasteiger partial charge >= 0.3 is 0 Å². The molecule has 2 aromatic heterocycles. The van der Waals surface area contributed by atoms with E-state index in [1.54, 1.807) is 6.07 Å². The predicted octanol–water partition coefficient (Wildman–Crippen LogP) is 3.91. The molecule has 0 fully saturated rings. The van der Waals surface area contributed by atoms with Crippen LogP contribution >= 0.6 is 11.3 Å². The molecule has 0 spiro atoms. The Labute approximate surface area is 126 Å². The van der Waals surface area contributed by atoms with Crippen molar-refractivity contribution in [2.45, 2.75) is 19.9 Å². The minimum atomic E-state index is -0.117. The molecule has 3 rings (SSSR count). The van der Waals surface area contributed by atoms with Gasteiger partial charge in [-0.25, -0.2) is 0 Å². The second-order valence-electron chi connectivity index (χ2n) is 5.06. The fourth-order valence-electron chi connectivity index (χ4n) is 2.24. The van der Waals surface area contributed by atoms with E-state index in [0.29, 0.717) is 0 Å². The third-order valence-corrected chi connectivity index (χ3v) is 4.55. The SMILES string of the molecule is Cc1ccc(C(C)Nc2ccc(-c3cc(=O)[nH][nH]3)cc2)s1. The Morgan fingerprint density at radius 3 is 2.43 bits per heavy atom. The van der Waals surface area contributed by atoms with Crippen LogP contribution in [0.25, 0.3) is 11.3 Å². The van der Waals surface area contributed by atoms with Crippen LogP contribution in [-0.4, -0.2) is 10.2 Å². The summed E-state index contributed by atoms with van der Waals surface area (Å²) in [5.41, 5.74) is 2.73. The molecule has 0 bridgehead atoms. The first-order chi connectivity index (χ1) is 10.1. The first-order valence-electron chi connectivity index (χ1n) is 6.83. The van der Waals surface area contributed by atoms with Gasteiger partial charge < -0.3 is 5.32 Å². The van der Waals surface area contributed by atoms with Crippen molar-refractivity contribution in [2.24, 2.45) is 0 Å². The van der Waals surface area contributed by atoms with Gasteiger partial charge in [-0.05, 0) is 43.7 Å². The first kappa shape index (κ1) is 13.7. The molecule has 1 aromatic carbocycles. The fourth-order valence-corrected chi connectivity index (χ4v) is 3.12. The molecule has 3 aromatic rings. The van der Waals surface area contributed by atoms with E-state index in [9.17, 15) is 4.79 Å². The molecular formula is C16H17N3OS. The van der Waals surface area contributed by atoms with Crippen molar-refractivity contribution in [1.82, 2.24) is 10.2 Å². The molecular weight excluding hydrogens is 282 g/mol. The van der Waals surface area contributed by atoms with Crippen molar-refractivity contribution in [3.05, 3.63) is 62.6 Å². The fraction of sp³-hybridized carbons (Fsp3) is 0.188. The maximum Gasteiger partial charge on any atom is 0.264 e. The third kappa shape index (κ3) is 3.08. The molecule has 0 radical (unpaired) electrons. The number of aryl methyl sites for hydroxylation is 1. The van der Waals surface area contributed by atoms with Crippen molar-refractivity contribution in [3.63, 3.8) is 0 Å². The van der Waals surface area contributed by atoms with Gasteiger partial charge in [-0.15, -0.1) is 11.3 Å². The summed E-state index contributed by atoms with van der Waals surface area (Å²) in [6.45, 7) is 4.27. The van der Waals surface area contributed by atoms with Gasteiger partial charge in [0, 0.05) is 21.5 Å². The molecule has 1 atom stereocenters. The molecule has 1 unspecified atom stereocenters. The lowest BCUT2D eigenvalue weighted by atomic mass is 10.1. The molecule has 0 saturated heterocycles. The first-order valence-corrected chi connectivity index (χ1v) is 7.64. The molecule has 0 aliphatic heterocycles. The minimum Gasteiger partial charge on any atom is -0.378 e. The number of thiophene rings is 1. The topological polar surface area (TPSA) is 60.7 Å². The Kier molecular flexibility index (Phi) is 3.66. The smallest absolute Gasteiger partial charge is 0.264 e. The Morgan fingerprint density at radius 1 is 1.10 bits per heavy atom. The predicted molar refractivity (Wildman–Crippen MR) is 87.9 cm³/mol. The summed E-state index contributed by atoms with van der Waals surface area (Å²) in [6, 6.07) is 14.2. The van der Waals surface area contributed by atoms with Crippen molar-refractivity contribution in [3.8, 4) is 11.3 Å². The van der Waals surface area contributed by atoms with Gasteiger partial charge in [0.25, 0.3) is 5.56 Å². The van der Waals surface area contributed by atoms with E-state index in [1.807, 2.05) is 35.6 Å². The molecule has 108 valence electrons. The number of rotatable bonds is 4. The van der Waals surface area contributed by atoms with Crippen molar-refractivity contribution in [1.29, 1.82) is 0 Å². The molecule has 3 N–H and O–H groups in total. The van der Waals surface area contributed by atoms with E-state index in [1.165, 1.54) is 9.75 Å². The van der Waals surface area contributed by atoms with Gasteiger partial charge in [0.05, 0.1) is 11.7 Å². The zero-order chi connectivity index (χ0) is 14.8. The van der Waals surface area contributed by atoms with Gasteiger partial charge in [-0.2, -0.15) is 0 Å². The zero-order valence-corrected chi connectivity index (χ0v) is 12.8. The van der Waals surface area contributed by atoms with Crippen LogP contribution in [0, 0.1) is 6.92 Å². The van der Waals surface area contributed by atoms with Crippen LogP contribution in [0.3, 0.4) is 0 Å². The van der Waals surface area contributed by atoms with E-state index < -0.39 is 0 Å². The number of hydrogen-bond donors (Lipinski definition) is 3. The van der Waals surface area contributed by atoms with E-state index in [4.69, 9.17) is 0 Å². The van der Waals surface area contributed by atoms with Crippen molar-refractivity contribution >= 4 is 17.0 Å². The van der Waals surface area contributed by atoms with E-state index in [2.05, 4.69) is 41.5 Å². The van der Waals surface area contributed by atoms with Crippen LogP contribution in [0.15, 0.2) is 47.3 Å². The van der Waals surface area contributed by atoms with Gasteiger partial charge in [0.2, 0.25) is 0 Å². The zero-order valence-electron chi connectivity index (χ0n) is 11.9. The highest BCUT2D eigenvalue weighted by Crippen LogP contribution is 2.26. The maximum absolute atomic E-state index is 11.1. The Balaban J connectivity index is 1.74. The molecule has 2 heterocycles. The van der Waals surface area contributed by atoms with E-state index in [0.717, 1.165) is 16.9 Å². The summed E-state index contributed by atoms with van der Waals surface area (Å²) in [5.74, 6) is 0. The highest BCUT2D eigenvalue weighted by atomic mass is 32.1. The number of anilines is 1. The number of benzene rings is 1. The molecule has 0 aliphatic rings. The Bertz CT molecular complexity index is 782. The van der Waals surface area contributed by atoms with E-state index in [-0.39, 0.29) is 11.6 Å². The van der Waals surface area contributed by atoms with Gasteiger partial charge in [0.1, 0.15) is 0 Å². The van der Waals surface area contributed by atoms with Crippen LogP contribution in [-0.2, 0) is 0 Å². The van der Waals surface area contributed by atoms with Crippen molar-refractivity contribution in [2.75, 3.05) is 5.32 Å². The van der Waals surface area contributed by atoms with E-state index >= 15 is 0 Å². The Morgan fingerprint density at radius 2 is 1.86 bits per heavy atom.